The Morgan fingerprint density at radius 1 is 1.42 bits per heavy atom. The summed E-state index contributed by atoms with van der Waals surface area (Å²) >= 11 is 0. The van der Waals surface area contributed by atoms with Crippen molar-refractivity contribution in [2.75, 3.05) is 6.54 Å². The Labute approximate surface area is 105 Å². The number of hydrogen-bond acceptors (Lipinski definition) is 4. The van der Waals surface area contributed by atoms with E-state index in [1.807, 2.05) is 5.53 Å². The van der Waals surface area contributed by atoms with E-state index in [0.717, 1.165) is 17.1 Å². The average molecular weight is 278 g/mol. The lowest BCUT2D eigenvalue weighted by atomic mass is 9.97. The zero-order chi connectivity index (χ0) is 14.3. The van der Waals surface area contributed by atoms with Crippen molar-refractivity contribution in [1.29, 1.82) is 5.41 Å². The summed E-state index contributed by atoms with van der Waals surface area (Å²) in [6, 6.07) is 2.21. The Morgan fingerprint density at radius 3 is 2.47 bits per heavy atom. The second-order valence-corrected chi connectivity index (χ2v) is 3.96. The van der Waals surface area contributed by atoms with Crippen molar-refractivity contribution in [2.24, 2.45) is 5.84 Å². The lowest BCUT2D eigenvalue weighted by Gasteiger charge is -2.21. The number of hydrogen-bond donors (Lipinski definition) is 3. The number of nitrogens with one attached hydrogen (secondary N) is 2. The second kappa shape index (κ2) is 4.44. The van der Waals surface area contributed by atoms with Crippen LogP contribution in [0.2, 0.25) is 0 Å². The van der Waals surface area contributed by atoms with Gasteiger partial charge in [0.25, 0.3) is 0 Å². The highest BCUT2D eigenvalue weighted by molar-refractivity contribution is 5.50. The molecule has 1 aromatic rings. The number of halogens is 4. The van der Waals surface area contributed by atoms with Crippen LogP contribution in [0.3, 0.4) is 0 Å². The topological polar surface area (TPSA) is 77.7 Å². The quantitative estimate of drug-likeness (QED) is 0.188. The summed E-state index contributed by atoms with van der Waals surface area (Å²) in [5.74, 6) is 2.98. The second-order valence-electron chi connectivity index (χ2n) is 3.96. The van der Waals surface area contributed by atoms with Gasteiger partial charge < -0.3 is 0 Å². The molecule has 1 unspecified atom stereocenters. The fourth-order valence-electron chi connectivity index (χ4n) is 1.80. The van der Waals surface area contributed by atoms with Crippen LogP contribution < -0.4 is 11.4 Å². The monoisotopic (exact) mass is 278 g/mol. The molecule has 0 bridgehead atoms. The Kier molecular flexibility index (Phi) is 3.20. The van der Waals surface area contributed by atoms with Crippen LogP contribution in [-0.2, 0) is 10.3 Å². The molecular formula is C10H10F4N4O. The van der Waals surface area contributed by atoms with Gasteiger partial charge in [0.1, 0.15) is 11.6 Å². The van der Waals surface area contributed by atoms with E-state index in [2.05, 4.69) is 4.74 Å². The molecular weight excluding hydrogens is 268 g/mol. The predicted octanol–water partition coefficient (Wildman–Crippen LogP) is 1.07. The number of hydrazine groups is 2. The zero-order valence-corrected chi connectivity index (χ0v) is 9.46. The van der Waals surface area contributed by atoms with Gasteiger partial charge in [-0.2, -0.15) is 14.3 Å². The fourth-order valence-corrected chi connectivity index (χ4v) is 1.80. The van der Waals surface area contributed by atoms with Crippen molar-refractivity contribution in [1.82, 2.24) is 10.5 Å². The first-order chi connectivity index (χ1) is 8.86. The summed E-state index contributed by atoms with van der Waals surface area (Å²) in [4.78, 5) is 0. The number of alkyl halides is 2. The molecule has 1 atom stereocenters. The third-order valence-electron chi connectivity index (χ3n) is 2.81. The minimum Gasteiger partial charge on any atom is -0.295 e. The van der Waals surface area contributed by atoms with E-state index in [4.69, 9.17) is 11.3 Å². The third-order valence-corrected chi connectivity index (χ3v) is 2.81. The number of epoxide rings is 1. The number of nitrogens with two attached hydrogens (primary N) is 1. The van der Waals surface area contributed by atoms with E-state index in [1.54, 1.807) is 0 Å². The molecule has 0 aromatic heterocycles. The van der Waals surface area contributed by atoms with Gasteiger partial charge in [0.05, 0.1) is 12.9 Å². The molecule has 0 spiro atoms. The van der Waals surface area contributed by atoms with Crippen LogP contribution in [-0.4, -0.2) is 24.0 Å². The molecule has 0 radical (unpaired) electrons. The molecule has 1 heterocycles. The van der Waals surface area contributed by atoms with E-state index in [-0.39, 0.29) is 0 Å². The van der Waals surface area contributed by atoms with E-state index < -0.39 is 35.5 Å². The SMILES string of the molecule is N=CN(CC1(c2ccc(F)cc2F)OC1(F)F)NN. The molecule has 104 valence electrons. The van der Waals surface area contributed by atoms with Gasteiger partial charge >= 0.3 is 6.11 Å². The largest absolute Gasteiger partial charge is 0.392 e. The van der Waals surface area contributed by atoms with Crippen molar-refractivity contribution in [3.8, 4) is 0 Å². The number of nitrogens with zero attached hydrogens (tertiary/aromatic N) is 1. The lowest BCUT2D eigenvalue weighted by Crippen LogP contribution is -2.47. The lowest BCUT2D eigenvalue weighted by molar-refractivity contribution is 0.000312. The number of ether oxygens (including phenoxy) is 1. The zero-order valence-electron chi connectivity index (χ0n) is 9.46. The maximum Gasteiger partial charge on any atom is 0.392 e. The van der Waals surface area contributed by atoms with E-state index >= 15 is 0 Å². The molecule has 1 aliphatic heterocycles. The first-order valence-corrected chi connectivity index (χ1v) is 5.13. The maximum absolute atomic E-state index is 13.6. The highest BCUT2D eigenvalue weighted by atomic mass is 19.3. The highest BCUT2D eigenvalue weighted by Gasteiger charge is 2.76. The summed E-state index contributed by atoms with van der Waals surface area (Å²) < 4.78 is 57.5. The van der Waals surface area contributed by atoms with Gasteiger partial charge in [-0.25, -0.2) is 8.78 Å². The summed E-state index contributed by atoms with van der Waals surface area (Å²) in [6.07, 6.45) is -2.98. The smallest absolute Gasteiger partial charge is 0.295 e. The molecule has 0 aliphatic carbocycles. The first kappa shape index (κ1) is 13.7. The molecule has 19 heavy (non-hydrogen) atoms. The fraction of sp³-hybridized carbons (Fsp3) is 0.300. The van der Waals surface area contributed by atoms with Crippen LogP contribution in [0.5, 0.6) is 0 Å². The van der Waals surface area contributed by atoms with Crippen LogP contribution in [0.25, 0.3) is 0 Å². The first-order valence-electron chi connectivity index (χ1n) is 5.13. The molecule has 9 heteroatoms. The highest BCUT2D eigenvalue weighted by Crippen LogP contribution is 2.58. The minimum atomic E-state index is -3.62. The van der Waals surface area contributed by atoms with Gasteiger partial charge in [0.2, 0.25) is 5.60 Å². The predicted molar refractivity (Wildman–Crippen MR) is 56.9 cm³/mol. The summed E-state index contributed by atoms with van der Waals surface area (Å²) in [5, 5.41) is 7.73. The van der Waals surface area contributed by atoms with Crippen LogP contribution in [0.15, 0.2) is 18.2 Å². The van der Waals surface area contributed by atoms with Crippen molar-refractivity contribution < 1.29 is 22.3 Å². The minimum absolute atomic E-state index is 0.486. The molecule has 0 saturated carbocycles. The maximum atomic E-state index is 13.6. The van der Waals surface area contributed by atoms with Gasteiger partial charge in [0.15, 0.2) is 0 Å². The van der Waals surface area contributed by atoms with Crippen LogP contribution in [0.4, 0.5) is 17.6 Å². The van der Waals surface area contributed by atoms with Crippen molar-refractivity contribution in [3.63, 3.8) is 0 Å². The Morgan fingerprint density at radius 2 is 2.05 bits per heavy atom. The molecule has 1 saturated heterocycles. The van der Waals surface area contributed by atoms with E-state index in [0.29, 0.717) is 12.4 Å². The molecule has 1 fully saturated rings. The Balaban J connectivity index is 2.39. The van der Waals surface area contributed by atoms with Crippen molar-refractivity contribution in [3.05, 3.63) is 35.4 Å². The molecule has 1 aromatic carbocycles. The van der Waals surface area contributed by atoms with Gasteiger partial charge in [-0.3, -0.25) is 21.0 Å². The van der Waals surface area contributed by atoms with Gasteiger partial charge in [-0.15, -0.1) is 0 Å². The average Bonchev–Trinajstić information content (AvgIpc) is 2.88. The Bertz CT molecular complexity index is 512. The third kappa shape index (κ3) is 2.15. The molecule has 1 aliphatic rings. The van der Waals surface area contributed by atoms with Gasteiger partial charge in [-0.05, 0) is 12.1 Å². The van der Waals surface area contributed by atoms with Crippen LogP contribution in [0.1, 0.15) is 5.56 Å². The van der Waals surface area contributed by atoms with E-state index in [9.17, 15) is 17.6 Å². The summed E-state index contributed by atoms with van der Waals surface area (Å²) in [7, 11) is 0. The molecule has 2 rings (SSSR count). The van der Waals surface area contributed by atoms with Crippen LogP contribution in [0, 0.1) is 17.0 Å². The molecule has 4 N–H and O–H groups in total. The molecule has 5 nitrogen and oxygen atoms in total. The number of benzene rings is 1. The van der Waals surface area contributed by atoms with Gasteiger partial charge in [-0.1, -0.05) is 0 Å². The normalized spacial score (nSPS) is 24.1. The van der Waals surface area contributed by atoms with E-state index in [1.165, 1.54) is 0 Å². The summed E-state index contributed by atoms with van der Waals surface area (Å²) in [6.45, 7) is -0.609. The number of rotatable bonds is 5. The Hall–Kier alpha value is -1.71. The summed E-state index contributed by atoms with van der Waals surface area (Å²) in [5.41, 5.74) is -0.829. The van der Waals surface area contributed by atoms with Crippen molar-refractivity contribution in [2.45, 2.75) is 11.7 Å². The molecule has 0 amide bonds. The standard InChI is InChI=1S/C10H10F4N4O/c11-6-1-2-7(8(12)3-6)9(10(13,14)19-9)4-18(5-15)17-16/h1-3,5,15,17H,4,16H2. The van der Waals surface area contributed by atoms with Crippen LogP contribution >= 0.6 is 0 Å². The van der Waals surface area contributed by atoms with Crippen molar-refractivity contribution >= 4 is 6.34 Å². The van der Waals surface area contributed by atoms with Gasteiger partial charge in [0, 0.05) is 11.6 Å².